The largest absolute Gasteiger partial charge is 0.497 e. The van der Waals surface area contributed by atoms with Gasteiger partial charge in [0.05, 0.1) is 23.3 Å². The zero-order valence-electron chi connectivity index (χ0n) is 10.7. The second-order valence-electron chi connectivity index (χ2n) is 3.94. The molecule has 0 saturated carbocycles. The van der Waals surface area contributed by atoms with E-state index in [-0.39, 0.29) is 16.1 Å². The second-order valence-corrected chi connectivity index (χ2v) is 5.62. The molecule has 1 N–H and O–H groups in total. The van der Waals surface area contributed by atoms with E-state index in [0.29, 0.717) is 5.75 Å². The summed E-state index contributed by atoms with van der Waals surface area (Å²) in [5.41, 5.74) is 0.524. The molecule has 0 atom stereocenters. The second kappa shape index (κ2) is 5.63. The quantitative estimate of drug-likeness (QED) is 0.936. The predicted molar refractivity (Wildman–Crippen MR) is 75.0 cm³/mol. The topological polar surface area (TPSA) is 79.2 Å². The number of anilines is 1. The van der Waals surface area contributed by atoms with Crippen LogP contribution in [0.3, 0.4) is 0 Å². The summed E-state index contributed by atoms with van der Waals surface area (Å²) in [5.74, 6) is 0.571. The third kappa shape index (κ3) is 2.90. The molecule has 0 aliphatic heterocycles. The van der Waals surface area contributed by atoms with Gasteiger partial charge in [-0.3, -0.25) is 4.72 Å². The lowest BCUT2D eigenvalue weighted by molar-refractivity contribution is 0.414. The van der Waals surface area contributed by atoms with Crippen LogP contribution in [0.15, 0.2) is 53.4 Å². The number of para-hydroxylation sites is 1. The van der Waals surface area contributed by atoms with Gasteiger partial charge in [0.1, 0.15) is 11.8 Å². The zero-order chi connectivity index (χ0) is 14.6. The lowest BCUT2D eigenvalue weighted by atomic mass is 10.2. The van der Waals surface area contributed by atoms with E-state index in [4.69, 9.17) is 10.00 Å². The average Bonchev–Trinajstić information content (AvgIpc) is 2.47. The van der Waals surface area contributed by atoms with Crippen LogP contribution >= 0.6 is 0 Å². The van der Waals surface area contributed by atoms with Crippen LogP contribution in [0.5, 0.6) is 5.75 Å². The van der Waals surface area contributed by atoms with Crippen molar-refractivity contribution in [2.75, 3.05) is 11.8 Å². The van der Waals surface area contributed by atoms with Crippen molar-refractivity contribution in [3.05, 3.63) is 54.1 Å². The number of nitrogens with zero attached hydrogens (tertiary/aromatic N) is 1. The van der Waals surface area contributed by atoms with Crippen LogP contribution in [0.4, 0.5) is 5.69 Å². The number of benzene rings is 2. The Balaban J connectivity index is 2.33. The van der Waals surface area contributed by atoms with Crippen LogP contribution in [-0.4, -0.2) is 15.5 Å². The Morgan fingerprint density at radius 2 is 1.75 bits per heavy atom. The van der Waals surface area contributed by atoms with Crippen LogP contribution in [0, 0.1) is 11.3 Å². The van der Waals surface area contributed by atoms with Gasteiger partial charge >= 0.3 is 0 Å². The molecule has 0 aliphatic carbocycles. The van der Waals surface area contributed by atoms with Crippen molar-refractivity contribution in [3.63, 3.8) is 0 Å². The maximum absolute atomic E-state index is 12.2. The highest BCUT2D eigenvalue weighted by molar-refractivity contribution is 7.92. The molecule has 0 unspecified atom stereocenters. The highest BCUT2D eigenvalue weighted by atomic mass is 32.2. The van der Waals surface area contributed by atoms with Crippen molar-refractivity contribution in [2.45, 2.75) is 4.90 Å². The Bertz CT molecular complexity index is 747. The summed E-state index contributed by atoms with van der Waals surface area (Å²) in [4.78, 5) is 0.103. The molecule has 0 saturated heterocycles. The normalized spacial score (nSPS) is 10.6. The molecular weight excluding hydrogens is 276 g/mol. The van der Waals surface area contributed by atoms with Gasteiger partial charge in [0.15, 0.2) is 0 Å². The van der Waals surface area contributed by atoms with Crippen molar-refractivity contribution in [1.29, 1.82) is 5.26 Å². The maximum Gasteiger partial charge on any atom is 0.261 e. The van der Waals surface area contributed by atoms with E-state index in [1.807, 2.05) is 6.07 Å². The van der Waals surface area contributed by atoms with Crippen molar-refractivity contribution in [2.24, 2.45) is 0 Å². The average molecular weight is 288 g/mol. The first kappa shape index (κ1) is 13.9. The lowest BCUT2D eigenvalue weighted by Gasteiger charge is -2.09. The maximum atomic E-state index is 12.2. The first-order valence-electron chi connectivity index (χ1n) is 5.73. The number of rotatable bonds is 4. The van der Waals surface area contributed by atoms with Gasteiger partial charge in [0.25, 0.3) is 10.0 Å². The van der Waals surface area contributed by atoms with Gasteiger partial charge in [0.2, 0.25) is 0 Å². The Morgan fingerprint density at radius 1 is 1.10 bits per heavy atom. The molecule has 0 amide bonds. The van der Waals surface area contributed by atoms with E-state index < -0.39 is 10.0 Å². The monoisotopic (exact) mass is 288 g/mol. The number of ether oxygens (including phenoxy) is 1. The number of nitrogens with one attached hydrogen (secondary N) is 1. The van der Waals surface area contributed by atoms with Gasteiger partial charge in [-0.1, -0.05) is 12.1 Å². The molecule has 0 radical (unpaired) electrons. The number of hydrogen-bond acceptors (Lipinski definition) is 4. The summed E-state index contributed by atoms with van der Waals surface area (Å²) in [6.07, 6.45) is 0. The Morgan fingerprint density at radius 3 is 2.35 bits per heavy atom. The molecule has 0 heterocycles. The van der Waals surface area contributed by atoms with Crippen LogP contribution < -0.4 is 9.46 Å². The van der Waals surface area contributed by atoms with Gasteiger partial charge in [-0.25, -0.2) is 8.42 Å². The number of nitriles is 1. The standard InChI is InChI=1S/C14H12N2O3S/c1-19-12-6-8-13(9-7-12)20(17,18)16-14-5-3-2-4-11(14)10-15/h2-9,16H,1H3. The minimum absolute atomic E-state index is 0.103. The summed E-state index contributed by atoms with van der Waals surface area (Å²) in [7, 11) is -2.22. The molecule has 0 fully saturated rings. The first-order chi connectivity index (χ1) is 9.56. The zero-order valence-corrected chi connectivity index (χ0v) is 11.5. The first-order valence-corrected chi connectivity index (χ1v) is 7.21. The Kier molecular flexibility index (Phi) is 3.91. The van der Waals surface area contributed by atoms with Crippen LogP contribution in [0.2, 0.25) is 0 Å². The summed E-state index contributed by atoms with van der Waals surface area (Å²) in [5, 5.41) is 8.95. The van der Waals surface area contributed by atoms with Crippen LogP contribution in [0.1, 0.15) is 5.56 Å². The number of hydrogen-bond donors (Lipinski definition) is 1. The Labute approximate surface area is 117 Å². The van der Waals surface area contributed by atoms with E-state index >= 15 is 0 Å². The van der Waals surface area contributed by atoms with E-state index in [1.54, 1.807) is 36.4 Å². The highest BCUT2D eigenvalue weighted by Gasteiger charge is 2.15. The smallest absolute Gasteiger partial charge is 0.261 e. The molecular formula is C14H12N2O3S. The molecule has 2 aromatic carbocycles. The molecule has 6 heteroatoms. The fraction of sp³-hybridized carbons (Fsp3) is 0.0714. The van der Waals surface area contributed by atoms with Gasteiger partial charge in [-0.2, -0.15) is 5.26 Å². The third-order valence-corrected chi connectivity index (χ3v) is 4.04. The van der Waals surface area contributed by atoms with E-state index in [9.17, 15) is 8.42 Å². The molecule has 20 heavy (non-hydrogen) atoms. The summed E-state index contributed by atoms with van der Waals surface area (Å²) in [6.45, 7) is 0. The van der Waals surface area contributed by atoms with Crippen LogP contribution in [0.25, 0.3) is 0 Å². The van der Waals surface area contributed by atoms with Gasteiger partial charge in [-0.15, -0.1) is 0 Å². The molecule has 5 nitrogen and oxygen atoms in total. The molecule has 0 aromatic heterocycles. The van der Waals surface area contributed by atoms with Gasteiger partial charge in [-0.05, 0) is 36.4 Å². The minimum atomic E-state index is -3.73. The van der Waals surface area contributed by atoms with Gasteiger partial charge < -0.3 is 4.74 Å². The summed E-state index contributed by atoms with van der Waals surface area (Å²) >= 11 is 0. The van der Waals surface area contributed by atoms with Crippen molar-refractivity contribution >= 4 is 15.7 Å². The van der Waals surface area contributed by atoms with Crippen molar-refractivity contribution in [3.8, 4) is 11.8 Å². The lowest BCUT2D eigenvalue weighted by Crippen LogP contribution is -2.13. The van der Waals surface area contributed by atoms with Crippen molar-refractivity contribution < 1.29 is 13.2 Å². The molecule has 2 aromatic rings. The van der Waals surface area contributed by atoms with E-state index in [0.717, 1.165) is 0 Å². The minimum Gasteiger partial charge on any atom is -0.497 e. The molecule has 102 valence electrons. The fourth-order valence-corrected chi connectivity index (χ4v) is 2.71. The molecule has 0 spiro atoms. The fourth-order valence-electron chi connectivity index (χ4n) is 1.63. The van der Waals surface area contributed by atoms with Crippen LogP contribution in [-0.2, 0) is 10.0 Å². The van der Waals surface area contributed by atoms with Crippen molar-refractivity contribution in [1.82, 2.24) is 0 Å². The van der Waals surface area contributed by atoms with Gasteiger partial charge in [0, 0.05) is 0 Å². The molecule has 0 aliphatic rings. The third-order valence-electron chi connectivity index (χ3n) is 2.66. The molecule has 2 rings (SSSR count). The summed E-state index contributed by atoms with van der Waals surface area (Å²) in [6, 6.07) is 14.4. The predicted octanol–water partition coefficient (Wildman–Crippen LogP) is 2.37. The number of methoxy groups -OCH3 is 1. The van der Waals surface area contributed by atoms with E-state index in [2.05, 4.69) is 4.72 Å². The number of sulfonamides is 1. The SMILES string of the molecule is COc1ccc(S(=O)(=O)Nc2ccccc2C#N)cc1. The highest BCUT2D eigenvalue weighted by Crippen LogP contribution is 2.21. The summed E-state index contributed by atoms with van der Waals surface area (Å²) < 4.78 is 31.8. The Hall–Kier alpha value is -2.52. The van der Waals surface area contributed by atoms with E-state index in [1.165, 1.54) is 19.2 Å². The molecule has 0 bridgehead atoms.